The molecule has 27 heavy (non-hydrogen) atoms. The second-order valence-corrected chi connectivity index (χ2v) is 7.00. The first-order valence-corrected chi connectivity index (χ1v) is 9.42. The molecular formula is C22H25N5. The Morgan fingerprint density at radius 1 is 0.778 bits per heavy atom. The van der Waals surface area contributed by atoms with Crippen LogP contribution in [0.1, 0.15) is 11.3 Å². The fourth-order valence-electron chi connectivity index (χ4n) is 3.35. The van der Waals surface area contributed by atoms with Gasteiger partial charge in [0.2, 0.25) is 5.95 Å². The molecule has 0 bridgehead atoms. The third kappa shape index (κ3) is 4.19. The van der Waals surface area contributed by atoms with E-state index in [4.69, 9.17) is 4.98 Å². The third-order valence-corrected chi connectivity index (χ3v) is 4.85. The fraction of sp³-hybridized carbons (Fsp3) is 0.273. The Kier molecular flexibility index (Phi) is 4.92. The minimum atomic E-state index is 0.803. The average Bonchev–Trinajstić information content (AvgIpc) is 2.70. The highest BCUT2D eigenvalue weighted by Gasteiger charge is 2.19. The van der Waals surface area contributed by atoms with Crippen LogP contribution in [0.5, 0.6) is 0 Å². The van der Waals surface area contributed by atoms with Crippen LogP contribution in [0.15, 0.2) is 60.7 Å². The molecule has 0 spiro atoms. The summed E-state index contributed by atoms with van der Waals surface area (Å²) in [4.78, 5) is 14.1. The van der Waals surface area contributed by atoms with Crippen molar-refractivity contribution in [3.05, 3.63) is 71.9 Å². The van der Waals surface area contributed by atoms with Crippen molar-refractivity contribution in [3.63, 3.8) is 0 Å². The largest absolute Gasteiger partial charge is 0.368 e. The highest BCUT2D eigenvalue weighted by atomic mass is 15.3. The van der Waals surface area contributed by atoms with E-state index in [1.165, 1.54) is 11.3 Å². The topological polar surface area (TPSA) is 44.3 Å². The first kappa shape index (κ1) is 17.3. The first-order chi connectivity index (χ1) is 13.2. The molecular weight excluding hydrogens is 334 g/mol. The molecule has 5 heteroatoms. The van der Waals surface area contributed by atoms with Crippen molar-refractivity contribution in [2.45, 2.75) is 13.8 Å². The Morgan fingerprint density at radius 3 is 2.15 bits per heavy atom. The van der Waals surface area contributed by atoms with Gasteiger partial charge in [0.1, 0.15) is 5.82 Å². The standard InChI is InChI=1S/C22H25N5/c1-17-8-10-19(11-9-17)24-21-16-18(2)23-22(25-21)27-14-12-26(13-15-27)20-6-4-3-5-7-20/h3-11,16H,12-15H2,1-2H3,(H,23,24,25). The van der Waals surface area contributed by atoms with E-state index < -0.39 is 0 Å². The van der Waals surface area contributed by atoms with E-state index in [2.05, 4.69) is 81.6 Å². The Balaban J connectivity index is 1.46. The molecule has 2 aromatic carbocycles. The van der Waals surface area contributed by atoms with Gasteiger partial charge in [-0.3, -0.25) is 0 Å². The van der Waals surface area contributed by atoms with Crippen LogP contribution < -0.4 is 15.1 Å². The number of benzene rings is 2. The van der Waals surface area contributed by atoms with Crippen LogP contribution in [-0.4, -0.2) is 36.1 Å². The Bertz CT molecular complexity index is 884. The lowest BCUT2D eigenvalue weighted by Crippen LogP contribution is -2.47. The van der Waals surface area contributed by atoms with Crippen molar-refractivity contribution in [1.82, 2.24) is 9.97 Å². The van der Waals surface area contributed by atoms with Gasteiger partial charge in [0.15, 0.2) is 0 Å². The summed E-state index contributed by atoms with van der Waals surface area (Å²) in [6.07, 6.45) is 0. The number of rotatable bonds is 4. The number of aromatic nitrogens is 2. The molecule has 1 aromatic heterocycles. The van der Waals surface area contributed by atoms with Gasteiger partial charge in [-0.15, -0.1) is 0 Å². The van der Waals surface area contributed by atoms with Crippen LogP contribution in [0.2, 0.25) is 0 Å². The van der Waals surface area contributed by atoms with Crippen molar-refractivity contribution in [2.75, 3.05) is 41.3 Å². The maximum Gasteiger partial charge on any atom is 0.227 e. The lowest BCUT2D eigenvalue weighted by atomic mass is 10.2. The monoisotopic (exact) mass is 359 g/mol. The van der Waals surface area contributed by atoms with Crippen molar-refractivity contribution in [1.29, 1.82) is 0 Å². The molecule has 1 saturated heterocycles. The fourth-order valence-corrected chi connectivity index (χ4v) is 3.35. The summed E-state index contributed by atoms with van der Waals surface area (Å²) in [6, 6.07) is 20.9. The van der Waals surface area contributed by atoms with E-state index in [1.54, 1.807) is 0 Å². The summed E-state index contributed by atoms with van der Waals surface area (Å²) in [5.74, 6) is 1.64. The zero-order chi connectivity index (χ0) is 18.6. The van der Waals surface area contributed by atoms with Crippen molar-refractivity contribution >= 4 is 23.1 Å². The zero-order valence-electron chi connectivity index (χ0n) is 15.9. The molecule has 0 unspecified atom stereocenters. The molecule has 1 aliphatic rings. The van der Waals surface area contributed by atoms with Gasteiger partial charge < -0.3 is 15.1 Å². The summed E-state index contributed by atoms with van der Waals surface area (Å²) in [6.45, 7) is 7.90. The van der Waals surface area contributed by atoms with Crippen molar-refractivity contribution in [3.8, 4) is 0 Å². The minimum absolute atomic E-state index is 0.803. The van der Waals surface area contributed by atoms with Gasteiger partial charge in [0.25, 0.3) is 0 Å². The molecule has 1 aliphatic heterocycles. The highest BCUT2D eigenvalue weighted by molar-refractivity contribution is 5.58. The van der Waals surface area contributed by atoms with Crippen LogP contribution >= 0.6 is 0 Å². The lowest BCUT2D eigenvalue weighted by Gasteiger charge is -2.36. The number of para-hydroxylation sites is 1. The van der Waals surface area contributed by atoms with E-state index >= 15 is 0 Å². The highest BCUT2D eigenvalue weighted by Crippen LogP contribution is 2.21. The van der Waals surface area contributed by atoms with Crippen molar-refractivity contribution < 1.29 is 0 Å². The van der Waals surface area contributed by atoms with E-state index in [0.29, 0.717) is 0 Å². The summed E-state index contributed by atoms with van der Waals surface area (Å²) < 4.78 is 0. The zero-order valence-corrected chi connectivity index (χ0v) is 15.9. The van der Waals surface area contributed by atoms with Gasteiger partial charge in [0.05, 0.1) is 0 Å². The van der Waals surface area contributed by atoms with Crippen molar-refractivity contribution in [2.24, 2.45) is 0 Å². The number of nitrogens with zero attached hydrogens (tertiary/aromatic N) is 4. The second-order valence-electron chi connectivity index (χ2n) is 7.00. The average molecular weight is 359 g/mol. The summed E-state index contributed by atoms with van der Waals surface area (Å²) in [5.41, 5.74) is 4.54. The SMILES string of the molecule is Cc1ccc(Nc2cc(C)nc(N3CCN(c4ccccc4)CC3)n2)cc1. The van der Waals surface area contributed by atoms with Gasteiger partial charge in [0, 0.05) is 49.3 Å². The lowest BCUT2D eigenvalue weighted by molar-refractivity contribution is 0.639. The molecule has 0 atom stereocenters. The van der Waals surface area contributed by atoms with E-state index in [9.17, 15) is 0 Å². The number of aryl methyl sites for hydroxylation is 2. The summed E-state index contributed by atoms with van der Waals surface area (Å²) in [5, 5.41) is 3.40. The number of piperazine rings is 1. The van der Waals surface area contributed by atoms with Crippen LogP contribution in [0.4, 0.5) is 23.1 Å². The van der Waals surface area contributed by atoms with Gasteiger partial charge in [-0.2, -0.15) is 4.98 Å². The van der Waals surface area contributed by atoms with Gasteiger partial charge in [-0.25, -0.2) is 4.98 Å². The maximum absolute atomic E-state index is 4.76. The van der Waals surface area contributed by atoms with E-state index in [1.807, 2.05) is 13.0 Å². The predicted octanol–water partition coefficient (Wildman–Crippen LogP) is 4.16. The Labute approximate surface area is 160 Å². The number of hydrogen-bond acceptors (Lipinski definition) is 5. The van der Waals surface area contributed by atoms with E-state index in [0.717, 1.165) is 49.3 Å². The summed E-state index contributed by atoms with van der Waals surface area (Å²) >= 11 is 0. The molecule has 0 radical (unpaired) electrons. The maximum atomic E-state index is 4.76. The Hall–Kier alpha value is -3.08. The Morgan fingerprint density at radius 2 is 1.44 bits per heavy atom. The van der Waals surface area contributed by atoms with Gasteiger partial charge in [-0.1, -0.05) is 35.9 Å². The number of anilines is 4. The molecule has 0 amide bonds. The quantitative estimate of drug-likeness (QED) is 0.758. The van der Waals surface area contributed by atoms with Gasteiger partial charge >= 0.3 is 0 Å². The molecule has 0 saturated carbocycles. The van der Waals surface area contributed by atoms with E-state index in [-0.39, 0.29) is 0 Å². The molecule has 138 valence electrons. The second kappa shape index (κ2) is 7.66. The van der Waals surface area contributed by atoms with Crippen LogP contribution in [0.3, 0.4) is 0 Å². The van der Waals surface area contributed by atoms with Crippen LogP contribution in [0.25, 0.3) is 0 Å². The first-order valence-electron chi connectivity index (χ1n) is 9.42. The molecule has 2 heterocycles. The smallest absolute Gasteiger partial charge is 0.227 e. The molecule has 1 N–H and O–H groups in total. The number of hydrogen-bond donors (Lipinski definition) is 1. The molecule has 4 rings (SSSR count). The molecule has 1 fully saturated rings. The summed E-state index contributed by atoms with van der Waals surface area (Å²) in [7, 11) is 0. The molecule has 3 aromatic rings. The van der Waals surface area contributed by atoms with Gasteiger partial charge in [-0.05, 0) is 38.1 Å². The minimum Gasteiger partial charge on any atom is -0.368 e. The number of nitrogens with one attached hydrogen (secondary N) is 1. The third-order valence-electron chi connectivity index (χ3n) is 4.85. The predicted molar refractivity (Wildman–Crippen MR) is 112 cm³/mol. The molecule has 0 aliphatic carbocycles. The van der Waals surface area contributed by atoms with Crippen LogP contribution in [0, 0.1) is 13.8 Å². The van der Waals surface area contributed by atoms with Crippen LogP contribution in [-0.2, 0) is 0 Å². The normalized spacial score (nSPS) is 14.3. The molecule has 5 nitrogen and oxygen atoms in total.